The fourth-order valence-corrected chi connectivity index (χ4v) is 2.65. The van der Waals surface area contributed by atoms with Gasteiger partial charge < -0.3 is 16.4 Å². The van der Waals surface area contributed by atoms with Crippen LogP contribution in [0.15, 0.2) is 0 Å². The zero-order valence-electron chi connectivity index (χ0n) is 9.25. The first-order valence-electron chi connectivity index (χ1n) is 5.41. The van der Waals surface area contributed by atoms with E-state index in [9.17, 15) is 4.79 Å². The summed E-state index contributed by atoms with van der Waals surface area (Å²) in [6.45, 7) is 3.53. The van der Waals surface area contributed by atoms with Gasteiger partial charge in [-0.1, -0.05) is 11.3 Å². The summed E-state index contributed by atoms with van der Waals surface area (Å²) in [4.78, 5) is 15.9. The maximum absolute atomic E-state index is 11.2. The van der Waals surface area contributed by atoms with Gasteiger partial charge in [0, 0.05) is 19.5 Å². The maximum Gasteiger partial charge on any atom is 0.185 e. The van der Waals surface area contributed by atoms with Crippen LogP contribution in [-0.4, -0.2) is 29.9 Å². The fourth-order valence-electron chi connectivity index (χ4n) is 1.80. The second-order valence-corrected chi connectivity index (χ2v) is 4.98. The second-order valence-electron chi connectivity index (χ2n) is 3.98. The molecule has 0 aliphatic carbocycles. The lowest BCUT2D eigenvalue weighted by molar-refractivity contribution is 0.102. The van der Waals surface area contributed by atoms with E-state index in [-0.39, 0.29) is 5.78 Å². The second kappa shape index (κ2) is 4.80. The van der Waals surface area contributed by atoms with Gasteiger partial charge in [-0.05, 0) is 19.4 Å². The van der Waals surface area contributed by atoms with Crippen LogP contribution in [0.3, 0.4) is 0 Å². The lowest BCUT2D eigenvalue weighted by Crippen LogP contribution is -2.38. The number of anilines is 2. The first kappa shape index (κ1) is 11.3. The summed E-state index contributed by atoms with van der Waals surface area (Å²) in [5.41, 5.74) is 5.67. The number of nitrogen functional groups attached to an aromatic ring is 1. The van der Waals surface area contributed by atoms with Crippen molar-refractivity contribution < 1.29 is 4.79 Å². The molecule has 1 saturated heterocycles. The Morgan fingerprint density at radius 1 is 1.69 bits per heavy atom. The van der Waals surface area contributed by atoms with Crippen molar-refractivity contribution in [2.75, 3.05) is 24.1 Å². The van der Waals surface area contributed by atoms with Crippen molar-refractivity contribution in [2.45, 2.75) is 25.8 Å². The summed E-state index contributed by atoms with van der Waals surface area (Å²) in [7, 11) is 0. The molecule has 0 radical (unpaired) electrons. The number of carbonyl (C=O) groups excluding carboxylic acids is 1. The highest BCUT2D eigenvalue weighted by Crippen LogP contribution is 2.26. The number of piperidine rings is 1. The van der Waals surface area contributed by atoms with E-state index >= 15 is 0 Å². The van der Waals surface area contributed by atoms with Crippen molar-refractivity contribution in [3.8, 4) is 0 Å². The van der Waals surface area contributed by atoms with Gasteiger partial charge in [-0.15, -0.1) is 0 Å². The van der Waals surface area contributed by atoms with E-state index in [4.69, 9.17) is 5.73 Å². The molecule has 1 aliphatic rings. The van der Waals surface area contributed by atoms with Gasteiger partial charge in [0.05, 0.1) is 0 Å². The maximum atomic E-state index is 11.2. The first-order valence-corrected chi connectivity index (χ1v) is 6.23. The van der Waals surface area contributed by atoms with Crippen molar-refractivity contribution in [2.24, 2.45) is 0 Å². The van der Waals surface area contributed by atoms with E-state index in [0.717, 1.165) is 31.1 Å². The van der Waals surface area contributed by atoms with Crippen LogP contribution in [0.2, 0.25) is 0 Å². The Morgan fingerprint density at radius 3 is 3.06 bits per heavy atom. The number of nitrogens with one attached hydrogen (secondary N) is 2. The summed E-state index contributed by atoms with van der Waals surface area (Å²) in [5.74, 6) is 0.314. The van der Waals surface area contributed by atoms with E-state index in [1.54, 1.807) is 0 Å². The number of Topliss-reactive ketones (excluding diaryl/α,β-unsaturated/α-hetero) is 1. The van der Waals surface area contributed by atoms with Gasteiger partial charge in [-0.2, -0.15) is 0 Å². The Morgan fingerprint density at radius 2 is 2.50 bits per heavy atom. The molecule has 4 N–H and O–H groups in total. The fraction of sp³-hybridized carbons (Fsp3) is 0.600. The quantitative estimate of drug-likeness (QED) is 0.689. The molecule has 2 heterocycles. The molecular weight excluding hydrogens is 224 g/mol. The van der Waals surface area contributed by atoms with Crippen LogP contribution in [0.25, 0.3) is 0 Å². The molecule has 5 nitrogen and oxygen atoms in total. The minimum Gasteiger partial charge on any atom is -0.382 e. The minimum atomic E-state index is -0.0233. The Hall–Kier alpha value is -1.14. The number of ketones is 1. The molecule has 0 amide bonds. The van der Waals surface area contributed by atoms with Crippen LogP contribution in [0.4, 0.5) is 10.9 Å². The normalized spacial score (nSPS) is 20.7. The smallest absolute Gasteiger partial charge is 0.185 e. The molecule has 0 aromatic carbocycles. The first-order chi connectivity index (χ1) is 7.66. The molecule has 2 rings (SSSR count). The van der Waals surface area contributed by atoms with Gasteiger partial charge in [0.15, 0.2) is 10.9 Å². The van der Waals surface area contributed by atoms with Crippen molar-refractivity contribution in [3.05, 3.63) is 4.88 Å². The summed E-state index contributed by atoms with van der Waals surface area (Å²) >= 11 is 1.34. The molecule has 0 saturated carbocycles. The molecule has 1 aromatic rings. The Labute approximate surface area is 98.4 Å². The van der Waals surface area contributed by atoms with E-state index in [1.165, 1.54) is 18.3 Å². The monoisotopic (exact) mass is 240 g/mol. The molecule has 1 aromatic heterocycles. The van der Waals surface area contributed by atoms with E-state index < -0.39 is 0 Å². The summed E-state index contributed by atoms with van der Waals surface area (Å²) in [6.07, 6.45) is 2.29. The number of hydrogen-bond acceptors (Lipinski definition) is 6. The van der Waals surface area contributed by atoms with E-state index in [1.807, 2.05) is 0 Å². The van der Waals surface area contributed by atoms with Crippen LogP contribution in [0, 0.1) is 0 Å². The van der Waals surface area contributed by atoms with Crippen LogP contribution in [0.1, 0.15) is 29.4 Å². The number of rotatable bonds is 3. The van der Waals surface area contributed by atoms with Gasteiger partial charge in [0.2, 0.25) is 0 Å². The molecule has 1 aliphatic heterocycles. The summed E-state index contributed by atoms with van der Waals surface area (Å²) < 4.78 is 0. The average Bonchev–Trinajstić information content (AvgIpc) is 2.61. The highest BCUT2D eigenvalue weighted by molar-refractivity contribution is 7.18. The third-order valence-corrected chi connectivity index (χ3v) is 3.70. The lowest BCUT2D eigenvalue weighted by atomic mass is 10.1. The number of carbonyl (C=O) groups is 1. The van der Waals surface area contributed by atoms with Gasteiger partial charge in [0.25, 0.3) is 0 Å². The molecule has 88 valence electrons. The third kappa shape index (κ3) is 2.51. The van der Waals surface area contributed by atoms with Crippen molar-refractivity contribution in [3.63, 3.8) is 0 Å². The number of aromatic nitrogens is 1. The standard InChI is InChI=1S/C10H16N4OS/c1-6(15)8-9(11)14-10(16-8)13-7-3-2-4-12-5-7/h7,12H,2-5,11H2,1H3,(H,13,14). The van der Waals surface area contributed by atoms with Crippen LogP contribution in [0.5, 0.6) is 0 Å². The molecule has 1 fully saturated rings. The molecule has 1 atom stereocenters. The van der Waals surface area contributed by atoms with Gasteiger partial charge in [-0.3, -0.25) is 4.79 Å². The predicted octanol–water partition coefficient (Wildman–Crippen LogP) is 1.09. The van der Waals surface area contributed by atoms with Gasteiger partial charge in [0.1, 0.15) is 10.7 Å². The molecule has 6 heteroatoms. The number of nitrogens with zero attached hydrogens (tertiary/aromatic N) is 1. The summed E-state index contributed by atoms with van der Waals surface area (Å²) in [5, 5.41) is 7.37. The van der Waals surface area contributed by atoms with Crippen molar-refractivity contribution in [1.82, 2.24) is 10.3 Å². The van der Waals surface area contributed by atoms with Gasteiger partial charge in [-0.25, -0.2) is 4.98 Å². The predicted molar refractivity (Wildman–Crippen MR) is 66.0 cm³/mol. The van der Waals surface area contributed by atoms with Crippen LogP contribution < -0.4 is 16.4 Å². The average molecular weight is 240 g/mol. The Balaban J connectivity index is 2.03. The van der Waals surface area contributed by atoms with Crippen molar-refractivity contribution in [1.29, 1.82) is 0 Å². The van der Waals surface area contributed by atoms with E-state index in [2.05, 4.69) is 15.6 Å². The SMILES string of the molecule is CC(=O)c1sc(NC2CCCNC2)nc1N. The molecular formula is C10H16N4OS. The highest BCUT2D eigenvalue weighted by Gasteiger charge is 2.17. The largest absolute Gasteiger partial charge is 0.382 e. The van der Waals surface area contributed by atoms with Crippen LogP contribution in [-0.2, 0) is 0 Å². The Bertz CT molecular complexity index is 384. The summed E-state index contributed by atoms with van der Waals surface area (Å²) in [6, 6.07) is 0.388. The molecule has 0 bridgehead atoms. The Kier molecular flexibility index (Phi) is 3.40. The number of thiazole rings is 1. The number of nitrogens with two attached hydrogens (primary N) is 1. The van der Waals surface area contributed by atoms with Crippen molar-refractivity contribution >= 4 is 28.1 Å². The molecule has 1 unspecified atom stereocenters. The molecule has 16 heavy (non-hydrogen) atoms. The van der Waals surface area contributed by atoms with Crippen LogP contribution >= 0.6 is 11.3 Å². The van der Waals surface area contributed by atoms with E-state index in [0.29, 0.717) is 16.7 Å². The van der Waals surface area contributed by atoms with Gasteiger partial charge >= 0.3 is 0 Å². The topological polar surface area (TPSA) is 80.0 Å². The lowest BCUT2D eigenvalue weighted by Gasteiger charge is -2.23. The number of hydrogen-bond donors (Lipinski definition) is 3. The zero-order chi connectivity index (χ0) is 11.5. The molecule has 0 spiro atoms. The zero-order valence-corrected chi connectivity index (χ0v) is 10.1. The third-order valence-electron chi connectivity index (χ3n) is 2.60. The minimum absolute atomic E-state index is 0.0233. The highest BCUT2D eigenvalue weighted by atomic mass is 32.1.